The minimum absolute atomic E-state index is 0.261. The second kappa shape index (κ2) is 6.38. The van der Waals surface area contributed by atoms with Crippen molar-refractivity contribution >= 4 is 17.5 Å². The van der Waals surface area contributed by atoms with Crippen LogP contribution in [0.5, 0.6) is 0 Å². The maximum atomic E-state index is 13.3. The lowest BCUT2D eigenvalue weighted by molar-refractivity contribution is -0.123. The minimum Gasteiger partial charge on any atom is -0.368 e. The molecule has 0 aliphatic rings. The molecule has 3 N–H and O–H groups in total. The predicted molar refractivity (Wildman–Crippen MR) is 66.2 cm³/mol. The number of rotatable bonds is 5. The van der Waals surface area contributed by atoms with Crippen LogP contribution in [0.1, 0.15) is 6.92 Å². The van der Waals surface area contributed by atoms with Gasteiger partial charge in [0.25, 0.3) is 0 Å². The molecule has 1 atom stereocenters. The number of halogens is 3. The van der Waals surface area contributed by atoms with Gasteiger partial charge in [0.05, 0.1) is 18.3 Å². The number of likely N-dealkylation sites (N-methyl/N-ethyl adjacent to an activating group) is 1. The SMILES string of the molecule is C[C@@H](C(N)=O)N(C)CC(=O)Nc1ccc(F)c(F)c1F. The highest BCUT2D eigenvalue weighted by molar-refractivity contribution is 5.92. The molecule has 0 aromatic heterocycles. The fourth-order valence-corrected chi connectivity index (χ4v) is 1.39. The first-order chi connectivity index (χ1) is 9.23. The van der Waals surface area contributed by atoms with Crippen molar-refractivity contribution in [3.05, 3.63) is 29.6 Å². The van der Waals surface area contributed by atoms with Crippen molar-refractivity contribution in [2.24, 2.45) is 5.73 Å². The first-order valence-electron chi connectivity index (χ1n) is 5.67. The quantitative estimate of drug-likeness (QED) is 0.789. The topological polar surface area (TPSA) is 75.4 Å². The molecule has 5 nitrogen and oxygen atoms in total. The third-order valence-corrected chi connectivity index (χ3v) is 2.78. The smallest absolute Gasteiger partial charge is 0.238 e. The number of primary amides is 1. The molecule has 1 aromatic carbocycles. The van der Waals surface area contributed by atoms with Crippen LogP contribution in [0.2, 0.25) is 0 Å². The van der Waals surface area contributed by atoms with Crippen LogP contribution in [0, 0.1) is 17.5 Å². The van der Waals surface area contributed by atoms with Gasteiger partial charge in [-0.15, -0.1) is 0 Å². The fraction of sp³-hybridized carbons (Fsp3) is 0.333. The molecule has 1 aromatic rings. The van der Waals surface area contributed by atoms with E-state index in [0.717, 1.165) is 6.07 Å². The van der Waals surface area contributed by atoms with Crippen LogP contribution in [0.25, 0.3) is 0 Å². The van der Waals surface area contributed by atoms with E-state index in [2.05, 4.69) is 5.32 Å². The number of nitrogens with two attached hydrogens (primary N) is 1. The van der Waals surface area contributed by atoms with Crippen LogP contribution in [0.15, 0.2) is 12.1 Å². The molecule has 0 aliphatic heterocycles. The molecule has 8 heteroatoms. The highest BCUT2D eigenvalue weighted by Crippen LogP contribution is 2.19. The number of hydrogen-bond acceptors (Lipinski definition) is 3. The summed E-state index contributed by atoms with van der Waals surface area (Å²) in [6.07, 6.45) is 0. The summed E-state index contributed by atoms with van der Waals surface area (Å²) in [5, 5.41) is 2.09. The lowest BCUT2D eigenvalue weighted by atomic mass is 10.2. The number of anilines is 1. The van der Waals surface area contributed by atoms with Crippen molar-refractivity contribution in [1.82, 2.24) is 4.90 Å². The van der Waals surface area contributed by atoms with Crippen molar-refractivity contribution in [2.45, 2.75) is 13.0 Å². The van der Waals surface area contributed by atoms with Gasteiger partial charge in [0, 0.05) is 0 Å². The molecular weight excluding hydrogens is 275 g/mol. The number of nitrogens with one attached hydrogen (secondary N) is 1. The zero-order valence-corrected chi connectivity index (χ0v) is 10.9. The number of nitrogens with zero attached hydrogens (tertiary/aromatic N) is 1. The second-order valence-electron chi connectivity index (χ2n) is 4.26. The van der Waals surface area contributed by atoms with Gasteiger partial charge >= 0.3 is 0 Å². The summed E-state index contributed by atoms with van der Waals surface area (Å²) in [5.74, 6) is -5.81. The average Bonchev–Trinajstić information content (AvgIpc) is 2.38. The Bertz CT molecular complexity index is 537. The Kier molecular flexibility index (Phi) is 5.09. The maximum Gasteiger partial charge on any atom is 0.238 e. The number of carbonyl (C=O) groups excluding carboxylic acids is 2. The standard InChI is InChI=1S/C12H14F3N3O2/c1-6(12(16)20)18(2)5-9(19)17-8-4-3-7(13)10(14)11(8)15/h3-4,6H,5H2,1-2H3,(H2,16,20)(H,17,19)/t6-/m0/s1. The largest absolute Gasteiger partial charge is 0.368 e. The Balaban J connectivity index is 2.73. The van der Waals surface area contributed by atoms with Crippen LogP contribution in [0.3, 0.4) is 0 Å². The maximum absolute atomic E-state index is 13.3. The van der Waals surface area contributed by atoms with E-state index in [-0.39, 0.29) is 6.54 Å². The molecule has 0 saturated heterocycles. The number of amides is 2. The van der Waals surface area contributed by atoms with Crippen LogP contribution < -0.4 is 11.1 Å². The zero-order chi connectivity index (χ0) is 15.4. The molecule has 110 valence electrons. The molecule has 0 bridgehead atoms. The van der Waals surface area contributed by atoms with Gasteiger partial charge in [-0.2, -0.15) is 0 Å². The Morgan fingerprint density at radius 1 is 1.30 bits per heavy atom. The van der Waals surface area contributed by atoms with E-state index >= 15 is 0 Å². The molecular formula is C12H14F3N3O2. The van der Waals surface area contributed by atoms with Gasteiger partial charge < -0.3 is 11.1 Å². The summed E-state index contributed by atoms with van der Waals surface area (Å²) >= 11 is 0. The Hall–Kier alpha value is -2.09. The van der Waals surface area contributed by atoms with Crippen molar-refractivity contribution in [3.8, 4) is 0 Å². The average molecular weight is 289 g/mol. The van der Waals surface area contributed by atoms with E-state index in [0.29, 0.717) is 6.07 Å². The normalized spacial score (nSPS) is 12.3. The zero-order valence-electron chi connectivity index (χ0n) is 10.9. The van der Waals surface area contributed by atoms with Crippen molar-refractivity contribution in [1.29, 1.82) is 0 Å². The first-order valence-corrected chi connectivity index (χ1v) is 5.67. The van der Waals surface area contributed by atoms with E-state index in [1.807, 2.05) is 0 Å². The first kappa shape index (κ1) is 16.0. The van der Waals surface area contributed by atoms with Crippen molar-refractivity contribution in [3.63, 3.8) is 0 Å². The Labute approximate surface area is 113 Å². The molecule has 2 amide bonds. The predicted octanol–water partition coefficient (Wildman–Crippen LogP) is 0.848. The highest BCUT2D eigenvalue weighted by Gasteiger charge is 2.19. The molecule has 20 heavy (non-hydrogen) atoms. The van der Waals surface area contributed by atoms with E-state index < -0.39 is 41.0 Å². The minimum atomic E-state index is -1.67. The van der Waals surface area contributed by atoms with E-state index in [1.54, 1.807) is 0 Å². The summed E-state index contributed by atoms with van der Waals surface area (Å²) in [5.41, 5.74) is 4.58. The van der Waals surface area contributed by atoms with Crippen LogP contribution in [-0.2, 0) is 9.59 Å². The van der Waals surface area contributed by atoms with Gasteiger partial charge in [-0.3, -0.25) is 14.5 Å². The third-order valence-electron chi connectivity index (χ3n) is 2.78. The van der Waals surface area contributed by atoms with Gasteiger partial charge in [0.15, 0.2) is 17.5 Å². The van der Waals surface area contributed by atoms with Gasteiger partial charge in [-0.25, -0.2) is 13.2 Å². The summed E-state index contributed by atoms with van der Waals surface area (Å²) in [7, 11) is 1.47. The van der Waals surface area contributed by atoms with Crippen molar-refractivity contribution < 1.29 is 22.8 Å². The molecule has 0 spiro atoms. The molecule has 0 heterocycles. The van der Waals surface area contributed by atoms with E-state index in [9.17, 15) is 22.8 Å². The van der Waals surface area contributed by atoms with E-state index in [1.165, 1.54) is 18.9 Å². The van der Waals surface area contributed by atoms with Crippen LogP contribution in [-0.4, -0.2) is 36.3 Å². The fourth-order valence-electron chi connectivity index (χ4n) is 1.39. The lowest BCUT2D eigenvalue weighted by Crippen LogP contribution is -2.43. The molecule has 1 rings (SSSR count). The Morgan fingerprint density at radius 2 is 1.90 bits per heavy atom. The molecule has 0 unspecified atom stereocenters. The summed E-state index contributed by atoms with van der Waals surface area (Å²) in [6, 6.07) is 0.906. The Morgan fingerprint density at radius 3 is 2.45 bits per heavy atom. The van der Waals surface area contributed by atoms with E-state index in [4.69, 9.17) is 5.73 Å². The second-order valence-corrected chi connectivity index (χ2v) is 4.26. The van der Waals surface area contributed by atoms with Crippen LogP contribution in [0.4, 0.5) is 18.9 Å². The monoisotopic (exact) mass is 289 g/mol. The van der Waals surface area contributed by atoms with Gasteiger partial charge in [-0.05, 0) is 26.1 Å². The summed E-state index contributed by atoms with van der Waals surface area (Å²) < 4.78 is 39.0. The van der Waals surface area contributed by atoms with Gasteiger partial charge in [0.2, 0.25) is 11.8 Å². The number of hydrogen-bond donors (Lipinski definition) is 2. The van der Waals surface area contributed by atoms with Crippen LogP contribution >= 0.6 is 0 Å². The third kappa shape index (κ3) is 3.70. The number of carbonyl (C=O) groups is 2. The lowest BCUT2D eigenvalue weighted by Gasteiger charge is -2.21. The molecule has 0 radical (unpaired) electrons. The summed E-state index contributed by atoms with van der Waals surface area (Å²) in [4.78, 5) is 23.9. The van der Waals surface area contributed by atoms with Crippen molar-refractivity contribution in [2.75, 3.05) is 18.9 Å². The molecule has 0 saturated carbocycles. The van der Waals surface area contributed by atoms with Gasteiger partial charge in [0.1, 0.15) is 0 Å². The summed E-state index contributed by atoms with van der Waals surface area (Å²) in [6.45, 7) is 1.23. The van der Waals surface area contributed by atoms with Gasteiger partial charge in [-0.1, -0.05) is 0 Å². The highest BCUT2D eigenvalue weighted by atomic mass is 19.2. The molecule has 0 fully saturated rings. The molecule has 0 aliphatic carbocycles. The number of benzene rings is 1.